The zero-order chi connectivity index (χ0) is 15.2. The molecule has 112 valence electrons. The quantitative estimate of drug-likeness (QED) is 0.868. The SMILES string of the molecule is CC1(O)CCN(C(=O)c2sc3cc(F)ccc3c2Cl)CC1. The second-order valence-corrected chi connectivity index (χ2v) is 7.10. The molecule has 0 saturated carbocycles. The highest BCUT2D eigenvalue weighted by molar-refractivity contribution is 7.21. The second kappa shape index (κ2) is 5.23. The first kappa shape index (κ1) is 14.8. The van der Waals surface area contributed by atoms with E-state index >= 15 is 0 Å². The van der Waals surface area contributed by atoms with Crippen LogP contribution in [0.1, 0.15) is 29.4 Å². The van der Waals surface area contributed by atoms with Crippen molar-refractivity contribution in [1.29, 1.82) is 0 Å². The van der Waals surface area contributed by atoms with E-state index in [2.05, 4.69) is 0 Å². The number of thiophene rings is 1. The summed E-state index contributed by atoms with van der Waals surface area (Å²) in [6, 6.07) is 4.33. The summed E-state index contributed by atoms with van der Waals surface area (Å²) < 4.78 is 13.9. The molecule has 1 fully saturated rings. The number of benzene rings is 1. The number of aliphatic hydroxyl groups is 1. The van der Waals surface area contributed by atoms with Gasteiger partial charge in [-0.25, -0.2) is 4.39 Å². The van der Waals surface area contributed by atoms with Crippen molar-refractivity contribution in [2.75, 3.05) is 13.1 Å². The van der Waals surface area contributed by atoms with Crippen molar-refractivity contribution in [2.45, 2.75) is 25.4 Å². The van der Waals surface area contributed by atoms with Crippen molar-refractivity contribution in [2.24, 2.45) is 0 Å². The molecule has 1 aromatic heterocycles. The van der Waals surface area contributed by atoms with Gasteiger partial charge in [0.05, 0.1) is 10.6 Å². The zero-order valence-corrected chi connectivity index (χ0v) is 13.1. The molecule has 1 saturated heterocycles. The molecule has 3 nitrogen and oxygen atoms in total. The van der Waals surface area contributed by atoms with Crippen LogP contribution in [0, 0.1) is 5.82 Å². The lowest BCUT2D eigenvalue weighted by Gasteiger charge is -2.35. The normalized spacial score (nSPS) is 18.2. The third-order valence-corrected chi connectivity index (χ3v) is 5.56. The average Bonchev–Trinajstić information content (AvgIpc) is 2.74. The van der Waals surface area contributed by atoms with Crippen LogP contribution in [0.5, 0.6) is 0 Å². The molecule has 0 aliphatic carbocycles. The summed E-state index contributed by atoms with van der Waals surface area (Å²) in [7, 11) is 0. The molecule has 2 heterocycles. The highest BCUT2D eigenvalue weighted by Crippen LogP contribution is 2.37. The number of hydrogen-bond acceptors (Lipinski definition) is 3. The van der Waals surface area contributed by atoms with E-state index < -0.39 is 5.60 Å². The number of halogens is 2. The van der Waals surface area contributed by atoms with Gasteiger partial charge in [0.1, 0.15) is 10.7 Å². The maximum absolute atomic E-state index is 13.3. The Balaban J connectivity index is 1.90. The second-order valence-electron chi connectivity index (χ2n) is 5.67. The van der Waals surface area contributed by atoms with Crippen molar-refractivity contribution in [3.63, 3.8) is 0 Å². The number of fused-ring (bicyclic) bond motifs is 1. The minimum atomic E-state index is -0.704. The van der Waals surface area contributed by atoms with E-state index in [1.807, 2.05) is 0 Å². The monoisotopic (exact) mass is 327 g/mol. The number of carbonyl (C=O) groups is 1. The molecule has 1 amide bonds. The van der Waals surface area contributed by atoms with Crippen LogP contribution in [-0.4, -0.2) is 34.6 Å². The van der Waals surface area contributed by atoms with Gasteiger partial charge in [0, 0.05) is 23.2 Å². The van der Waals surface area contributed by atoms with Crippen LogP contribution in [0.3, 0.4) is 0 Å². The van der Waals surface area contributed by atoms with Crippen LogP contribution < -0.4 is 0 Å². The zero-order valence-electron chi connectivity index (χ0n) is 11.5. The smallest absolute Gasteiger partial charge is 0.265 e. The maximum atomic E-state index is 13.3. The lowest BCUT2D eigenvalue weighted by molar-refractivity contribution is -0.00187. The third-order valence-electron chi connectivity index (χ3n) is 3.91. The minimum absolute atomic E-state index is 0.142. The molecular weight excluding hydrogens is 313 g/mol. The Labute approximate surface area is 130 Å². The van der Waals surface area contributed by atoms with E-state index in [-0.39, 0.29) is 11.7 Å². The number of amides is 1. The van der Waals surface area contributed by atoms with Crippen molar-refractivity contribution >= 4 is 38.9 Å². The van der Waals surface area contributed by atoms with Gasteiger partial charge in [0.2, 0.25) is 0 Å². The van der Waals surface area contributed by atoms with Crippen molar-refractivity contribution in [1.82, 2.24) is 4.90 Å². The first-order chi connectivity index (χ1) is 9.87. The number of likely N-dealkylation sites (tertiary alicyclic amines) is 1. The number of nitrogens with zero attached hydrogens (tertiary/aromatic N) is 1. The van der Waals surface area contributed by atoms with Gasteiger partial charge in [-0.05, 0) is 38.0 Å². The predicted molar refractivity (Wildman–Crippen MR) is 82.6 cm³/mol. The molecule has 1 aromatic carbocycles. The minimum Gasteiger partial charge on any atom is -0.390 e. The number of hydrogen-bond donors (Lipinski definition) is 1. The molecule has 1 aliphatic rings. The number of piperidine rings is 1. The fourth-order valence-electron chi connectivity index (χ4n) is 2.51. The summed E-state index contributed by atoms with van der Waals surface area (Å²) in [5.74, 6) is -0.481. The lowest BCUT2D eigenvalue weighted by atomic mass is 9.94. The Morgan fingerprint density at radius 1 is 1.43 bits per heavy atom. The average molecular weight is 328 g/mol. The molecule has 1 N–H and O–H groups in total. The molecule has 0 unspecified atom stereocenters. The van der Waals surface area contributed by atoms with Crippen molar-refractivity contribution < 1.29 is 14.3 Å². The Morgan fingerprint density at radius 3 is 2.76 bits per heavy atom. The van der Waals surface area contributed by atoms with Gasteiger partial charge >= 0.3 is 0 Å². The third kappa shape index (κ3) is 2.78. The molecule has 0 spiro atoms. The van der Waals surface area contributed by atoms with Crippen LogP contribution >= 0.6 is 22.9 Å². The Kier molecular flexibility index (Phi) is 3.67. The van der Waals surface area contributed by atoms with Crippen molar-refractivity contribution in [3.8, 4) is 0 Å². The highest BCUT2D eigenvalue weighted by atomic mass is 35.5. The molecule has 2 aromatic rings. The summed E-state index contributed by atoms with van der Waals surface area (Å²) in [5.41, 5.74) is -0.704. The van der Waals surface area contributed by atoms with Crippen LogP contribution in [0.4, 0.5) is 4.39 Å². The Bertz CT molecular complexity index is 703. The topological polar surface area (TPSA) is 40.5 Å². The fourth-order valence-corrected chi connectivity index (χ4v) is 4.02. The van der Waals surface area contributed by atoms with E-state index in [4.69, 9.17) is 11.6 Å². The van der Waals surface area contributed by atoms with Gasteiger partial charge in [-0.2, -0.15) is 0 Å². The van der Waals surface area contributed by atoms with Gasteiger partial charge < -0.3 is 10.0 Å². The molecule has 3 rings (SSSR count). The molecular formula is C15H15ClFNO2S. The first-order valence-electron chi connectivity index (χ1n) is 6.77. The van der Waals surface area contributed by atoms with Crippen LogP contribution in [0.15, 0.2) is 18.2 Å². The van der Waals surface area contributed by atoms with Gasteiger partial charge in [0.25, 0.3) is 5.91 Å². The Morgan fingerprint density at radius 2 is 2.10 bits per heavy atom. The maximum Gasteiger partial charge on any atom is 0.265 e. The molecule has 1 aliphatic heterocycles. The highest BCUT2D eigenvalue weighted by Gasteiger charge is 2.31. The van der Waals surface area contributed by atoms with Gasteiger partial charge in [-0.3, -0.25) is 4.79 Å². The fraction of sp³-hybridized carbons (Fsp3) is 0.400. The summed E-state index contributed by atoms with van der Waals surface area (Å²) >= 11 is 7.48. The van der Waals surface area contributed by atoms with E-state index in [0.29, 0.717) is 45.9 Å². The molecule has 21 heavy (non-hydrogen) atoms. The summed E-state index contributed by atoms with van der Waals surface area (Å²) in [4.78, 5) is 14.7. The molecule has 0 bridgehead atoms. The van der Waals surface area contributed by atoms with E-state index in [1.54, 1.807) is 17.9 Å². The van der Waals surface area contributed by atoms with E-state index in [1.165, 1.54) is 23.5 Å². The predicted octanol–water partition coefficient (Wildman–Crippen LogP) is 3.68. The lowest BCUT2D eigenvalue weighted by Crippen LogP contribution is -2.45. The number of rotatable bonds is 1. The molecule has 0 atom stereocenters. The summed E-state index contributed by atoms with van der Waals surface area (Å²) in [6.07, 6.45) is 1.10. The van der Waals surface area contributed by atoms with Gasteiger partial charge in [-0.15, -0.1) is 11.3 Å². The van der Waals surface area contributed by atoms with Crippen molar-refractivity contribution in [3.05, 3.63) is 33.9 Å². The Hall–Kier alpha value is -1.17. The summed E-state index contributed by atoms with van der Waals surface area (Å²) in [5, 5.41) is 11.0. The van der Waals surface area contributed by atoms with Gasteiger partial charge in [-0.1, -0.05) is 11.6 Å². The van der Waals surface area contributed by atoms with E-state index in [0.717, 1.165) is 0 Å². The largest absolute Gasteiger partial charge is 0.390 e. The number of carbonyl (C=O) groups excluding carboxylic acids is 1. The van der Waals surface area contributed by atoms with E-state index in [9.17, 15) is 14.3 Å². The molecule has 0 radical (unpaired) electrons. The molecule has 6 heteroatoms. The first-order valence-corrected chi connectivity index (χ1v) is 7.96. The van der Waals surface area contributed by atoms with Crippen LogP contribution in [0.2, 0.25) is 5.02 Å². The summed E-state index contributed by atoms with van der Waals surface area (Å²) in [6.45, 7) is 2.79. The van der Waals surface area contributed by atoms with Crippen LogP contribution in [-0.2, 0) is 0 Å². The van der Waals surface area contributed by atoms with Crippen LogP contribution in [0.25, 0.3) is 10.1 Å². The van der Waals surface area contributed by atoms with Gasteiger partial charge in [0.15, 0.2) is 0 Å². The standard InChI is InChI=1S/C15H15ClFNO2S/c1-15(20)4-6-18(7-5-15)14(19)13-12(16)10-3-2-9(17)8-11(10)21-13/h2-3,8,20H,4-7H2,1H3.